The highest BCUT2D eigenvalue weighted by molar-refractivity contribution is 6.01. The molecule has 1 aromatic heterocycles. The molecule has 2 aromatic carbocycles. The summed E-state index contributed by atoms with van der Waals surface area (Å²) in [5.41, 5.74) is 1.28. The number of rotatable bonds is 6. The number of methoxy groups -OCH3 is 2. The predicted octanol–water partition coefficient (Wildman–Crippen LogP) is 2.48. The zero-order chi connectivity index (χ0) is 20.4. The second-order valence-electron chi connectivity index (χ2n) is 6.39. The summed E-state index contributed by atoms with van der Waals surface area (Å²) in [6.45, 7) is 0. The molecule has 0 aliphatic carbocycles. The van der Waals surface area contributed by atoms with Crippen molar-refractivity contribution in [2.24, 2.45) is 0 Å². The molecule has 0 saturated carbocycles. The van der Waals surface area contributed by atoms with Crippen molar-refractivity contribution in [2.75, 3.05) is 24.9 Å². The summed E-state index contributed by atoms with van der Waals surface area (Å²) in [7, 11) is 3.04. The number of anilines is 2. The van der Waals surface area contributed by atoms with Crippen molar-refractivity contribution >= 4 is 23.5 Å². The van der Waals surface area contributed by atoms with Gasteiger partial charge in [0.1, 0.15) is 17.5 Å². The van der Waals surface area contributed by atoms with Crippen molar-refractivity contribution < 1.29 is 19.1 Å². The summed E-state index contributed by atoms with van der Waals surface area (Å²) in [5.74, 6) is 1.19. The smallest absolute Gasteiger partial charge is 0.252 e. The van der Waals surface area contributed by atoms with E-state index in [1.165, 1.54) is 18.9 Å². The summed E-state index contributed by atoms with van der Waals surface area (Å²) in [6.07, 6.45) is -0.100. The van der Waals surface area contributed by atoms with Crippen LogP contribution in [0.25, 0.3) is 11.4 Å². The van der Waals surface area contributed by atoms with Crippen molar-refractivity contribution in [1.82, 2.24) is 14.8 Å². The normalized spacial score (nSPS) is 14.8. The lowest BCUT2D eigenvalue weighted by molar-refractivity contribution is -0.123. The van der Waals surface area contributed by atoms with E-state index in [0.717, 1.165) is 5.56 Å². The van der Waals surface area contributed by atoms with Crippen LogP contribution >= 0.6 is 0 Å². The second-order valence-corrected chi connectivity index (χ2v) is 6.39. The highest BCUT2D eigenvalue weighted by Gasteiger charge is 2.35. The third kappa shape index (κ3) is 3.62. The number of hydrogen-bond acceptors (Lipinski definition) is 6. The van der Waals surface area contributed by atoms with E-state index in [0.29, 0.717) is 29.0 Å². The summed E-state index contributed by atoms with van der Waals surface area (Å²) in [5, 5.41) is 9.85. The van der Waals surface area contributed by atoms with Gasteiger partial charge in [-0.15, -0.1) is 5.10 Å². The molecule has 1 unspecified atom stereocenters. The summed E-state index contributed by atoms with van der Waals surface area (Å²) >= 11 is 0. The summed E-state index contributed by atoms with van der Waals surface area (Å²) < 4.78 is 11.9. The number of nitrogens with one attached hydrogen (secondary N) is 2. The first-order chi connectivity index (χ1) is 14.1. The van der Waals surface area contributed by atoms with Crippen molar-refractivity contribution in [3.05, 3.63) is 48.5 Å². The largest absolute Gasteiger partial charge is 0.497 e. The topological polar surface area (TPSA) is 107 Å². The number of nitrogens with zero attached hydrogens (tertiary/aromatic N) is 3. The van der Waals surface area contributed by atoms with Crippen molar-refractivity contribution in [1.29, 1.82) is 0 Å². The van der Waals surface area contributed by atoms with Crippen LogP contribution in [0.15, 0.2) is 48.5 Å². The number of fused-ring (bicyclic) bond motifs is 1. The van der Waals surface area contributed by atoms with Crippen LogP contribution in [0.5, 0.6) is 11.5 Å². The molecular weight excluding hydrogens is 374 g/mol. The maximum atomic E-state index is 12.6. The Morgan fingerprint density at radius 3 is 2.69 bits per heavy atom. The predicted molar refractivity (Wildman–Crippen MR) is 106 cm³/mol. The van der Waals surface area contributed by atoms with Crippen molar-refractivity contribution in [3.8, 4) is 22.9 Å². The van der Waals surface area contributed by atoms with E-state index < -0.39 is 6.04 Å². The zero-order valence-electron chi connectivity index (χ0n) is 15.9. The molecule has 2 amide bonds. The average Bonchev–Trinajstić information content (AvgIpc) is 3.27. The molecule has 4 rings (SSSR count). The fourth-order valence-electron chi connectivity index (χ4n) is 3.11. The third-order valence-electron chi connectivity index (χ3n) is 4.56. The fraction of sp³-hybridized carbons (Fsp3) is 0.200. The number of aromatic nitrogens is 3. The standard InChI is InChI=1S/C20H19N5O4/c1-28-13-8-9-16(29-2)14(10-13)21-17(26)11-15-19(27)23-20-22-18(24-25(15)20)12-6-4-3-5-7-12/h3-10,15H,11H2,1-2H3,(H,21,26)(H,22,23,24,27). The van der Waals surface area contributed by atoms with Gasteiger partial charge in [-0.1, -0.05) is 30.3 Å². The van der Waals surface area contributed by atoms with Gasteiger partial charge in [0.15, 0.2) is 5.82 Å². The molecule has 0 radical (unpaired) electrons. The Hall–Kier alpha value is -3.88. The second kappa shape index (κ2) is 7.63. The van der Waals surface area contributed by atoms with Crippen LogP contribution in [-0.4, -0.2) is 40.8 Å². The fourth-order valence-corrected chi connectivity index (χ4v) is 3.11. The first-order valence-corrected chi connectivity index (χ1v) is 8.93. The first-order valence-electron chi connectivity index (χ1n) is 8.93. The third-order valence-corrected chi connectivity index (χ3v) is 4.56. The quantitative estimate of drug-likeness (QED) is 0.666. The maximum absolute atomic E-state index is 12.6. The minimum atomic E-state index is -0.786. The molecule has 29 heavy (non-hydrogen) atoms. The van der Waals surface area contributed by atoms with Crippen LogP contribution in [0.2, 0.25) is 0 Å². The summed E-state index contributed by atoms with van der Waals surface area (Å²) in [4.78, 5) is 29.3. The lowest BCUT2D eigenvalue weighted by Gasteiger charge is -2.13. The van der Waals surface area contributed by atoms with E-state index in [1.807, 2.05) is 30.3 Å². The van der Waals surface area contributed by atoms with Gasteiger partial charge in [0.25, 0.3) is 5.91 Å². The van der Waals surface area contributed by atoms with Crippen molar-refractivity contribution in [3.63, 3.8) is 0 Å². The van der Waals surface area contributed by atoms with Crippen LogP contribution in [0.4, 0.5) is 11.6 Å². The molecule has 148 valence electrons. The average molecular weight is 393 g/mol. The van der Waals surface area contributed by atoms with Gasteiger partial charge < -0.3 is 14.8 Å². The molecule has 1 aliphatic heterocycles. The molecule has 3 aromatic rings. The molecule has 9 nitrogen and oxygen atoms in total. The number of carbonyl (C=O) groups excluding carboxylic acids is 2. The monoisotopic (exact) mass is 393 g/mol. The Kier molecular flexibility index (Phi) is 4.86. The molecule has 0 saturated heterocycles. The van der Waals surface area contributed by atoms with Crippen LogP contribution in [0.1, 0.15) is 12.5 Å². The van der Waals surface area contributed by atoms with Gasteiger partial charge >= 0.3 is 0 Å². The first kappa shape index (κ1) is 18.5. The van der Waals surface area contributed by atoms with Gasteiger partial charge in [-0.05, 0) is 12.1 Å². The Labute approximate surface area is 166 Å². The molecule has 0 fully saturated rings. The van der Waals surface area contributed by atoms with Gasteiger partial charge in [-0.2, -0.15) is 4.98 Å². The van der Waals surface area contributed by atoms with Crippen LogP contribution in [0, 0.1) is 0 Å². The highest BCUT2D eigenvalue weighted by Crippen LogP contribution is 2.31. The molecule has 1 aliphatic rings. The minimum absolute atomic E-state index is 0.100. The molecule has 0 spiro atoms. The maximum Gasteiger partial charge on any atom is 0.252 e. The lowest BCUT2D eigenvalue weighted by atomic mass is 10.2. The SMILES string of the molecule is COc1ccc(OC)c(NC(=O)CC2C(=O)Nc3nc(-c4ccccc4)nn32)c1. The molecular formula is C20H19N5O4. The number of benzene rings is 2. The van der Waals surface area contributed by atoms with Gasteiger partial charge in [-0.25, -0.2) is 4.68 Å². The van der Waals surface area contributed by atoms with E-state index in [2.05, 4.69) is 20.7 Å². The Bertz CT molecular complexity index is 1060. The number of amides is 2. The van der Waals surface area contributed by atoms with Crippen LogP contribution in [0.3, 0.4) is 0 Å². The molecule has 0 bridgehead atoms. The van der Waals surface area contributed by atoms with E-state index in [4.69, 9.17) is 9.47 Å². The van der Waals surface area contributed by atoms with E-state index in [9.17, 15) is 9.59 Å². The van der Waals surface area contributed by atoms with Gasteiger partial charge in [0, 0.05) is 11.6 Å². The van der Waals surface area contributed by atoms with E-state index >= 15 is 0 Å². The van der Waals surface area contributed by atoms with Gasteiger partial charge in [0.05, 0.1) is 26.3 Å². The zero-order valence-corrected chi connectivity index (χ0v) is 15.9. The Morgan fingerprint density at radius 2 is 1.97 bits per heavy atom. The van der Waals surface area contributed by atoms with E-state index in [-0.39, 0.29) is 18.2 Å². The molecule has 2 N–H and O–H groups in total. The van der Waals surface area contributed by atoms with Crippen molar-refractivity contribution in [2.45, 2.75) is 12.5 Å². The number of carbonyl (C=O) groups is 2. The number of ether oxygens (including phenoxy) is 2. The molecule has 2 heterocycles. The number of hydrogen-bond donors (Lipinski definition) is 2. The van der Waals surface area contributed by atoms with Gasteiger partial charge in [0.2, 0.25) is 11.9 Å². The summed E-state index contributed by atoms with van der Waals surface area (Å²) in [6, 6.07) is 13.7. The highest BCUT2D eigenvalue weighted by atomic mass is 16.5. The Morgan fingerprint density at radius 1 is 1.17 bits per heavy atom. The minimum Gasteiger partial charge on any atom is -0.497 e. The molecule has 9 heteroatoms. The molecule has 1 atom stereocenters. The lowest BCUT2D eigenvalue weighted by Crippen LogP contribution is -2.24. The Balaban J connectivity index is 1.53. The van der Waals surface area contributed by atoms with Crippen LogP contribution < -0.4 is 20.1 Å². The van der Waals surface area contributed by atoms with Gasteiger partial charge in [-0.3, -0.25) is 14.9 Å². The van der Waals surface area contributed by atoms with Crippen LogP contribution in [-0.2, 0) is 9.59 Å². The van der Waals surface area contributed by atoms with E-state index in [1.54, 1.807) is 18.2 Å².